The second-order valence-electron chi connectivity index (χ2n) is 9.07. The standard InChI is InChI=1S/C20H29BrN2O2/c1-12(2)19-8-22-10-20(13(3)4,18(19)25)11-23(9-19)17(22)15-7-14(21)5-6-16(15)24/h5-7,12-13,17-18,24-25H,8-11H2,1-4H3. The monoisotopic (exact) mass is 408 g/mol. The predicted molar refractivity (Wildman–Crippen MR) is 102 cm³/mol. The SMILES string of the molecule is CC(C)C12CN3CC(C(C)C)(CN(C1)C3c1cc(Br)ccc1O)C2O. The molecule has 4 aliphatic rings. The van der Waals surface area contributed by atoms with Gasteiger partial charge in [-0.3, -0.25) is 9.80 Å². The van der Waals surface area contributed by atoms with Crippen LogP contribution in [-0.2, 0) is 0 Å². The Morgan fingerprint density at radius 2 is 1.48 bits per heavy atom. The zero-order valence-corrected chi connectivity index (χ0v) is 17.1. The Kier molecular flexibility index (Phi) is 4.04. The van der Waals surface area contributed by atoms with E-state index in [4.69, 9.17) is 0 Å². The van der Waals surface area contributed by atoms with Crippen LogP contribution in [0.3, 0.4) is 0 Å². The van der Waals surface area contributed by atoms with Gasteiger partial charge in [0.2, 0.25) is 0 Å². The van der Waals surface area contributed by atoms with Crippen LogP contribution in [0, 0.1) is 22.7 Å². The van der Waals surface area contributed by atoms with Gasteiger partial charge in [-0.2, -0.15) is 0 Å². The van der Waals surface area contributed by atoms with Crippen molar-refractivity contribution in [2.45, 2.75) is 40.0 Å². The average molecular weight is 409 g/mol. The largest absolute Gasteiger partial charge is 0.508 e. The number of halogens is 1. The molecule has 4 saturated heterocycles. The molecule has 138 valence electrons. The minimum absolute atomic E-state index is 0.0844. The molecular formula is C20H29BrN2O2. The summed E-state index contributed by atoms with van der Waals surface area (Å²) in [5.74, 6) is 1.20. The summed E-state index contributed by atoms with van der Waals surface area (Å²) in [5.41, 5.74) is 0.804. The fourth-order valence-corrected chi connectivity index (χ4v) is 6.09. The highest BCUT2D eigenvalue weighted by Crippen LogP contribution is 2.60. The van der Waals surface area contributed by atoms with Crippen molar-refractivity contribution >= 4 is 15.9 Å². The molecule has 0 aromatic heterocycles. The van der Waals surface area contributed by atoms with Crippen LogP contribution in [0.5, 0.6) is 5.75 Å². The molecule has 1 aromatic carbocycles. The van der Waals surface area contributed by atoms with Gasteiger partial charge >= 0.3 is 0 Å². The van der Waals surface area contributed by atoms with E-state index < -0.39 is 0 Å². The summed E-state index contributed by atoms with van der Waals surface area (Å²) in [5, 5.41) is 21.9. The van der Waals surface area contributed by atoms with Crippen molar-refractivity contribution in [3.8, 4) is 5.75 Å². The minimum atomic E-state index is -0.260. The van der Waals surface area contributed by atoms with E-state index in [1.807, 2.05) is 12.1 Å². The average Bonchev–Trinajstić information content (AvgIpc) is 2.53. The van der Waals surface area contributed by atoms with Crippen molar-refractivity contribution in [1.29, 1.82) is 0 Å². The number of phenols is 1. The molecule has 1 aromatic rings. The second-order valence-corrected chi connectivity index (χ2v) is 9.98. The van der Waals surface area contributed by atoms with Crippen LogP contribution in [0.4, 0.5) is 0 Å². The summed E-state index contributed by atoms with van der Waals surface area (Å²) in [6.45, 7) is 12.6. The lowest BCUT2D eigenvalue weighted by atomic mass is 9.52. The van der Waals surface area contributed by atoms with Crippen LogP contribution < -0.4 is 0 Å². The lowest BCUT2D eigenvalue weighted by Gasteiger charge is -2.71. The minimum Gasteiger partial charge on any atom is -0.508 e. The van der Waals surface area contributed by atoms with Crippen molar-refractivity contribution in [3.05, 3.63) is 28.2 Å². The van der Waals surface area contributed by atoms with Gasteiger partial charge in [0, 0.05) is 47.0 Å². The Morgan fingerprint density at radius 3 is 1.92 bits per heavy atom. The van der Waals surface area contributed by atoms with E-state index in [-0.39, 0.29) is 23.1 Å². The third kappa shape index (κ3) is 2.29. The number of nitrogens with zero attached hydrogens (tertiary/aromatic N) is 2. The van der Waals surface area contributed by atoms with Crippen molar-refractivity contribution in [2.75, 3.05) is 26.2 Å². The normalized spacial score (nSPS) is 42.6. The first-order valence-electron chi connectivity index (χ1n) is 9.36. The number of hydrogen-bond donors (Lipinski definition) is 2. The van der Waals surface area contributed by atoms with Gasteiger partial charge in [-0.25, -0.2) is 0 Å². The van der Waals surface area contributed by atoms with E-state index >= 15 is 0 Å². The lowest BCUT2D eigenvalue weighted by Crippen LogP contribution is -2.80. The molecule has 0 aliphatic carbocycles. The third-order valence-corrected chi connectivity index (χ3v) is 7.83. The van der Waals surface area contributed by atoms with Gasteiger partial charge < -0.3 is 10.2 Å². The molecule has 25 heavy (non-hydrogen) atoms. The van der Waals surface area contributed by atoms with Crippen molar-refractivity contribution in [1.82, 2.24) is 9.80 Å². The van der Waals surface area contributed by atoms with Gasteiger partial charge in [0.05, 0.1) is 12.3 Å². The van der Waals surface area contributed by atoms with Crippen LogP contribution in [0.25, 0.3) is 0 Å². The Balaban J connectivity index is 1.80. The van der Waals surface area contributed by atoms with E-state index in [9.17, 15) is 10.2 Å². The van der Waals surface area contributed by atoms with Gasteiger partial charge in [-0.1, -0.05) is 43.6 Å². The molecular weight excluding hydrogens is 380 g/mol. The summed E-state index contributed by atoms with van der Waals surface area (Å²) >= 11 is 3.55. The molecule has 4 heterocycles. The summed E-state index contributed by atoms with van der Waals surface area (Å²) in [6.07, 6.45) is -0.159. The fourth-order valence-electron chi connectivity index (χ4n) is 5.71. The van der Waals surface area contributed by atoms with Crippen LogP contribution in [0.2, 0.25) is 0 Å². The predicted octanol–water partition coefficient (Wildman–Crippen LogP) is 3.44. The maximum atomic E-state index is 11.4. The van der Waals surface area contributed by atoms with Crippen LogP contribution in [0.15, 0.2) is 22.7 Å². The van der Waals surface area contributed by atoms with Crippen LogP contribution in [-0.4, -0.2) is 52.3 Å². The Morgan fingerprint density at radius 1 is 1.00 bits per heavy atom. The van der Waals surface area contributed by atoms with E-state index in [2.05, 4.69) is 53.4 Å². The molecule has 4 nitrogen and oxygen atoms in total. The van der Waals surface area contributed by atoms with Crippen LogP contribution >= 0.6 is 15.9 Å². The molecule has 4 aliphatic heterocycles. The smallest absolute Gasteiger partial charge is 0.121 e. The molecule has 0 unspecified atom stereocenters. The zero-order chi connectivity index (χ0) is 18.1. The lowest BCUT2D eigenvalue weighted by molar-refractivity contribution is -0.287. The Hall–Kier alpha value is -0.620. The van der Waals surface area contributed by atoms with Crippen LogP contribution in [0.1, 0.15) is 39.4 Å². The molecule has 5 rings (SSSR count). The van der Waals surface area contributed by atoms with E-state index in [1.54, 1.807) is 6.07 Å². The molecule has 2 N–H and O–H groups in total. The Labute approximate surface area is 158 Å². The van der Waals surface area contributed by atoms with Gasteiger partial charge in [0.25, 0.3) is 0 Å². The summed E-state index contributed by atoms with van der Waals surface area (Å²) in [4.78, 5) is 5.00. The highest BCUT2D eigenvalue weighted by Gasteiger charge is 2.67. The maximum Gasteiger partial charge on any atom is 0.121 e. The third-order valence-electron chi connectivity index (χ3n) is 7.34. The van der Waals surface area contributed by atoms with E-state index in [0.717, 1.165) is 36.2 Å². The number of rotatable bonds is 3. The molecule has 0 atom stereocenters. The van der Waals surface area contributed by atoms with E-state index in [1.165, 1.54) is 0 Å². The first kappa shape index (κ1) is 17.8. The quantitative estimate of drug-likeness (QED) is 0.803. The molecule has 4 fully saturated rings. The van der Waals surface area contributed by atoms with Gasteiger partial charge in [-0.05, 0) is 30.0 Å². The molecule has 5 heteroatoms. The highest BCUT2D eigenvalue weighted by molar-refractivity contribution is 9.10. The van der Waals surface area contributed by atoms with Gasteiger partial charge in [0.15, 0.2) is 0 Å². The number of benzene rings is 1. The summed E-state index contributed by atoms with van der Waals surface area (Å²) in [7, 11) is 0. The van der Waals surface area contributed by atoms with Crippen molar-refractivity contribution < 1.29 is 10.2 Å². The number of phenolic OH excluding ortho intramolecular Hbond substituents is 1. The van der Waals surface area contributed by atoms with E-state index in [0.29, 0.717) is 17.6 Å². The Bertz CT molecular complexity index is 646. The number of aliphatic hydroxyl groups excluding tert-OH is 1. The van der Waals surface area contributed by atoms with Crippen molar-refractivity contribution in [2.24, 2.45) is 22.7 Å². The first-order valence-corrected chi connectivity index (χ1v) is 10.2. The number of hydrogen-bond acceptors (Lipinski definition) is 4. The number of aliphatic hydroxyl groups is 1. The van der Waals surface area contributed by atoms with Gasteiger partial charge in [0.1, 0.15) is 5.75 Å². The molecule has 0 spiro atoms. The summed E-state index contributed by atoms with van der Waals surface area (Å²) in [6, 6.07) is 5.70. The fraction of sp³-hybridized carbons (Fsp3) is 0.700. The summed E-state index contributed by atoms with van der Waals surface area (Å²) < 4.78 is 0.994. The molecule has 0 amide bonds. The molecule has 0 radical (unpaired) electrons. The molecule has 0 saturated carbocycles. The number of aromatic hydroxyl groups is 1. The number of piperidine rings is 2. The van der Waals surface area contributed by atoms with Gasteiger partial charge in [-0.15, -0.1) is 0 Å². The topological polar surface area (TPSA) is 46.9 Å². The first-order chi connectivity index (χ1) is 11.7. The highest BCUT2D eigenvalue weighted by atomic mass is 79.9. The molecule has 4 bridgehead atoms. The zero-order valence-electron chi connectivity index (χ0n) is 15.5. The second kappa shape index (κ2) is 5.69. The maximum absolute atomic E-state index is 11.4. The van der Waals surface area contributed by atoms with Crippen molar-refractivity contribution in [3.63, 3.8) is 0 Å².